The molecule has 0 saturated heterocycles. The van der Waals surface area contributed by atoms with Crippen molar-refractivity contribution >= 4 is 27.4 Å². The van der Waals surface area contributed by atoms with Crippen LogP contribution in [0.25, 0.3) is 0 Å². The number of carbonyl (C=O) groups excluding carboxylic acids is 1. The lowest BCUT2D eigenvalue weighted by molar-refractivity contribution is 0.0951. The number of anilines is 2. The van der Waals surface area contributed by atoms with Crippen LogP contribution in [-0.4, -0.2) is 33.4 Å². The Morgan fingerprint density at radius 2 is 1.81 bits per heavy atom. The van der Waals surface area contributed by atoms with Crippen LogP contribution in [0.15, 0.2) is 65.7 Å². The van der Waals surface area contributed by atoms with Gasteiger partial charge in [0, 0.05) is 43.7 Å². The van der Waals surface area contributed by atoms with E-state index >= 15 is 0 Å². The molecule has 0 aliphatic heterocycles. The van der Waals surface area contributed by atoms with Crippen LogP contribution in [-0.2, 0) is 16.6 Å². The van der Waals surface area contributed by atoms with Crippen LogP contribution in [0.3, 0.4) is 0 Å². The molecule has 0 saturated carbocycles. The SMILES string of the molecule is Cc1cc(S(=O)(=O)Nc2ccc(C(=O)NCc3cccnc3N(C)C)cc2)ccc1F. The molecule has 0 radical (unpaired) electrons. The lowest BCUT2D eigenvalue weighted by Gasteiger charge is -2.16. The highest BCUT2D eigenvalue weighted by atomic mass is 32.2. The lowest BCUT2D eigenvalue weighted by Crippen LogP contribution is -2.24. The molecule has 2 N–H and O–H groups in total. The minimum Gasteiger partial charge on any atom is -0.362 e. The van der Waals surface area contributed by atoms with E-state index in [0.29, 0.717) is 17.8 Å². The number of hydrogen-bond donors (Lipinski definition) is 2. The fourth-order valence-corrected chi connectivity index (χ4v) is 4.08. The maximum atomic E-state index is 13.4. The summed E-state index contributed by atoms with van der Waals surface area (Å²) in [7, 11) is -0.122. The van der Waals surface area contributed by atoms with Gasteiger partial charge in [-0.2, -0.15) is 0 Å². The number of hydrogen-bond acceptors (Lipinski definition) is 5. The molecule has 3 rings (SSSR count). The van der Waals surface area contributed by atoms with Gasteiger partial charge in [-0.3, -0.25) is 9.52 Å². The highest BCUT2D eigenvalue weighted by Crippen LogP contribution is 2.19. The summed E-state index contributed by atoms with van der Waals surface area (Å²) >= 11 is 0. The molecule has 7 nitrogen and oxygen atoms in total. The van der Waals surface area contributed by atoms with Gasteiger partial charge in [0.2, 0.25) is 0 Å². The summed E-state index contributed by atoms with van der Waals surface area (Å²) in [6, 6.07) is 13.3. The predicted molar refractivity (Wildman–Crippen MR) is 118 cm³/mol. The summed E-state index contributed by atoms with van der Waals surface area (Å²) < 4.78 is 40.9. The van der Waals surface area contributed by atoms with Gasteiger partial charge in [0.1, 0.15) is 11.6 Å². The van der Waals surface area contributed by atoms with Gasteiger partial charge in [-0.1, -0.05) is 6.07 Å². The number of carbonyl (C=O) groups is 1. The molecule has 0 atom stereocenters. The normalized spacial score (nSPS) is 11.1. The Hall–Kier alpha value is -3.46. The minimum atomic E-state index is -3.87. The van der Waals surface area contributed by atoms with Crippen LogP contribution >= 0.6 is 0 Å². The fraction of sp³-hybridized carbons (Fsp3) is 0.182. The zero-order valence-electron chi connectivity index (χ0n) is 17.4. The van der Waals surface area contributed by atoms with Gasteiger partial charge in [0.05, 0.1) is 4.90 Å². The number of nitrogens with zero attached hydrogens (tertiary/aromatic N) is 2. The Kier molecular flexibility index (Phi) is 6.55. The third kappa shape index (κ3) is 5.37. The predicted octanol–water partition coefficient (Wildman–Crippen LogP) is 3.33. The molecule has 0 fully saturated rings. The molecule has 0 aliphatic rings. The van der Waals surface area contributed by atoms with Crippen LogP contribution < -0.4 is 14.9 Å². The molecular formula is C22H23FN4O3S. The van der Waals surface area contributed by atoms with E-state index in [2.05, 4.69) is 15.0 Å². The largest absolute Gasteiger partial charge is 0.362 e. The number of aromatic nitrogens is 1. The van der Waals surface area contributed by atoms with Crippen molar-refractivity contribution < 1.29 is 17.6 Å². The second-order valence-corrected chi connectivity index (χ2v) is 8.84. The molecule has 9 heteroatoms. The Morgan fingerprint density at radius 3 is 2.45 bits per heavy atom. The van der Waals surface area contributed by atoms with Gasteiger partial charge in [0.15, 0.2) is 0 Å². The summed E-state index contributed by atoms with van der Waals surface area (Å²) in [6.45, 7) is 1.80. The monoisotopic (exact) mass is 442 g/mol. The van der Waals surface area contributed by atoms with Crippen LogP contribution in [0.4, 0.5) is 15.9 Å². The molecular weight excluding hydrogens is 419 g/mol. The molecule has 1 heterocycles. The van der Waals surface area contributed by atoms with Crippen LogP contribution in [0.5, 0.6) is 0 Å². The average Bonchev–Trinajstić information content (AvgIpc) is 2.74. The van der Waals surface area contributed by atoms with E-state index in [4.69, 9.17) is 0 Å². The van der Waals surface area contributed by atoms with E-state index in [1.807, 2.05) is 25.1 Å². The van der Waals surface area contributed by atoms with Gasteiger partial charge in [-0.15, -0.1) is 0 Å². The second kappa shape index (κ2) is 9.13. The van der Waals surface area contributed by atoms with Gasteiger partial charge < -0.3 is 10.2 Å². The molecule has 162 valence electrons. The smallest absolute Gasteiger partial charge is 0.261 e. The molecule has 2 aromatic carbocycles. The van der Waals surface area contributed by atoms with E-state index in [-0.39, 0.29) is 16.4 Å². The van der Waals surface area contributed by atoms with Gasteiger partial charge in [0.25, 0.3) is 15.9 Å². The third-order valence-corrected chi connectivity index (χ3v) is 5.95. The minimum absolute atomic E-state index is 0.0404. The summed E-state index contributed by atoms with van der Waals surface area (Å²) in [5.74, 6) is -0.000915. The summed E-state index contributed by atoms with van der Waals surface area (Å²) in [4.78, 5) is 18.6. The zero-order chi connectivity index (χ0) is 22.6. The van der Waals surface area contributed by atoms with Crippen molar-refractivity contribution in [3.8, 4) is 0 Å². The number of nitrogens with one attached hydrogen (secondary N) is 2. The Labute approximate surface area is 181 Å². The fourth-order valence-electron chi connectivity index (χ4n) is 2.94. The van der Waals surface area contributed by atoms with Crippen molar-refractivity contribution in [2.45, 2.75) is 18.4 Å². The first-order valence-corrected chi connectivity index (χ1v) is 10.9. The summed E-state index contributed by atoms with van der Waals surface area (Å²) in [5, 5.41) is 2.84. The van der Waals surface area contributed by atoms with Crippen molar-refractivity contribution in [2.75, 3.05) is 23.7 Å². The van der Waals surface area contributed by atoms with Gasteiger partial charge in [-0.25, -0.2) is 17.8 Å². The highest BCUT2D eigenvalue weighted by Gasteiger charge is 2.16. The molecule has 0 aliphatic carbocycles. The quantitative estimate of drug-likeness (QED) is 0.586. The van der Waals surface area contributed by atoms with E-state index in [1.54, 1.807) is 12.3 Å². The maximum Gasteiger partial charge on any atom is 0.261 e. The van der Waals surface area contributed by atoms with Crippen molar-refractivity contribution in [2.24, 2.45) is 0 Å². The lowest BCUT2D eigenvalue weighted by atomic mass is 10.2. The van der Waals surface area contributed by atoms with Crippen molar-refractivity contribution in [1.82, 2.24) is 10.3 Å². The van der Waals surface area contributed by atoms with Gasteiger partial charge in [-0.05, 0) is 61.0 Å². The number of pyridine rings is 1. The molecule has 31 heavy (non-hydrogen) atoms. The second-order valence-electron chi connectivity index (χ2n) is 7.16. The van der Waals surface area contributed by atoms with E-state index in [9.17, 15) is 17.6 Å². The number of halogens is 1. The number of rotatable bonds is 7. The van der Waals surface area contributed by atoms with Crippen molar-refractivity contribution in [3.63, 3.8) is 0 Å². The first kappa shape index (κ1) is 22.2. The summed E-state index contributed by atoms with van der Waals surface area (Å²) in [6.07, 6.45) is 1.69. The Morgan fingerprint density at radius 1 is 1.10 bits per heavy atom. The first-order valence-electron chi connectivity index (χ1n) is 9.46. The number of aryl methyl sites for hydroxylation is 1. The van der Waals surface area contributed by atoms with Crippen LogP contribution in [0, 0.1) is 12.7 Å². The van der Waals surface area contributed by atoms with Crippen molar-refractivity contribution in [3.05, 3.63) is 83.3 Å². The standard InChI is InChI=1S/C22H23FN4O3S/c1-15-13-19(10-11-20(15)23)31(29,30)26-18-8-6-16(7-9-18)22(28)25-14-17-5-4-12-24-21(17)27(2)3/h4-13,26H,14H2,1-3H3,(H,25,28). The topological polar surface area (TPSA) is 91.4 Å². The Bertz CT molecular complexity index is 1200. The molecule has 0 unspecified atom stereocenters. The molecule has 3 aromatic rings. The molecule has 1 amide bonds. The molecule has 0 spiro atoms. The van der Waals surface area contributed by atoms with E-state index < -0.39 is 15.8 Å². The van der Waals surface area contributed by atoms with Crippen LogP contribution in [0.1, 0.15) is 21.5 Å². The van der Waals surface area contributed by atoms with Gasteiger partial charge >= 0.3 is 0 Å². The van der Waals surface area contributed by atoms with Crippen molar-refractivity contribution in [1.29, 1.82) is 0 Å². The maximum absolute atomic E-state index is 13.4. The number of benzene rings is 2. The number of amides is 1. The van der Waals surface area contributed by atoms with Crippen LogP contribution in [0.2, 0.25) is 0 Å². The number of sulfonamides is 1. The highest BCUT2D eigenvalue weighted by molar-refractivity contribution is 7.92. The average molecular weight is 443 g/mol. The Balaban J connectivity index is 1.67. The van der Waals surface area contributed by atoms with E-state index in [0.717, 1.165) is 17.4 Å². The zero-order valence-corrected chi connectivity index (χ0v) is 18.2. The summed E-state index contributed by atoms with van der Waals surface area (Å²) in [5.41, 5.74) is 1.79. The molecule has 1 aromatic heterocycles. The third-order valence-electron chi connectivity index (χ3n) is 4.57. The first-order chi connectivity index (χ1) is 14.7. The molecule has 0 bridgehead atoms. The van der Waals surface area contributed by atoms with E-state index in [1.165, 1.54) is 43.3 Å².